The molecule has 0 bridgehead atoms. The average molecular weight is 482 g/mol. The molecule has 0 spiro atoms. The number of nitrogens with one attached hydrogen (secondary N) is 3. The summed E-state index contributed by atoms with van der Waals surface area (Å²) in [7, 11) is 0. The zero-order valence-corrected chi connectivity index (χ0v) is 19.9. The molecule has 33 heavy (non-hydrogen) atoms. The van der Waals surface area contributed by atoms with Crippen LogP contribution in [0.2, 0.25) is 0 Å². The maximum atomic E-state index is 14.0. The molecular weight excluding hydrogens is 449 g/mol. The van der Waals surface area contributed by atoms with E-state index in [1.54, 1.807) is 19.1 Å². The monoisotopic (exact) mass is 481 g/mol. The van der Waals surface area contributed by atoms with Gasteiger partial charge in [-0.15, -0.1) is 0 Å². The Bertz CT molecular complexity index is 938. The smallest absolute Gasteiger partial charge is 0.319 e. The highest BCUT2D eigenvalue weighted by Crippen LogP contribution is 2.30. The summed E-state index contributed by atoms with van der Waals surface area (Å²) in [4.78, 5) is 24.1. The van der Waals surface area contributed by atoms with Crippen LogP contribution in [0.25, 0.3) is 0 Å². The van der Waals surface area contributed by atoms with Gasteiger partial charge >= 0.3 is 6.03 Å². The Kier molecular flexibility index (Phi) is 10.5. The van der Waals surface area contributed by atoms with Gasteiger partial charge in [-0.25, -0.2) is 9.18 Å². The number of halogens is 1. The van der Waals surface area contributed by atoms with Crippen LogP contribution in [0.1, 0.15) is 48.2 Å². The molecule has 182 valence electrons. The van der Waals surface area contributed by atoms with E-state index in [9.17, 15) is 19.1 Å². The fourth-order valence-electron chi connectivity index (χ4n) is 2.92. The normalized spacial score (nSPS) is 11.9. The van der Waals surface area contributed by atoms with Gasteiger partial charge in [0.25, 0.3) is 5.91 Å². The van der Waals surface area contributed by atoms with Crippen molar-refractivity contribution in [1.29, 1.82) is 0 Å². The number of aromatic nitrogens is 1. The van der Waals surface area contributed by atoms with Gasteiger partial charge in [0.15, 0.2) is 0 Å². The van der Waals surface area contributed by atoms with Crippen LogP contribution >= 0.6 is 11.5 Å². The zero-order chi connectivity index (χ0) is 24.4. The van der Waals surface area contributed by atoms with Crippen molar-refractivity contribution in [2.45, 2.75) is 46.3 Å². The topological polar surface area (TPSA) is 139 Å². The second-order valence-electron chi connectivity index (χ2n) is 8.17. The number of amides is 3. The number of carbonyl (C=O) groups excluding carboxylic acids is 2. The Balaban J connectivity index is 1.83. The van der Waals surface area contributed by atoms with E-state index in [4.69, 9.17) is 10.5 Å². The van der Waals surface area contributed by atoms with Crippen LogP contribution < -0.4 is 26.4 Å². The second kappa shape index (κ2) is 13.1. The van der Waals surface area contributed by atoms with E-state index in [-0.39, 0.29) is 23.1 Å². The van der Waals surface area contributed by atoms with Crippen LogP contribution in [0.5, 0.6) is 5.88 Å². The highest BCUT2D eigenvalue weighted by atomic mass is 32.1. The fourth-order valence-corrected chi connectivity index (χ4v) is 3.66. The van der Waals surface area contributed by atoms with E-state index in [1.165, 1.54) is 6.07 Å². The van der Waals surface area contributed by atoms with Crippen molar-refractivity contribution in [3.05, 3.63) is 40.7 Å². The van der Waals surface area contributed by atoms with E-state index in [0.29, 0.717) is 37.4 Å². The molecule has 0 saturated heterocycles. The Hall–Kier alpha value is -2.76. The van der Waals surface area contributed by atoms with E-state index in [1.807, 2.05) is 0 Å². The number of urea groups is 1. The van der Waals surface area contributed by atoms with Gasteiger partial charge in [0.05, 0.1) is 6.10 Å². The molecule has 0 radical (unpaired) electrons. The van der Waals surface area contributed by atoms with Crippen molar-refractivity contribution in [2.24, 2.45) is 11.7 Å². The number of benzene rings is 1. The minimum Gasteiger partial charge on any atom is -0.471 e. The minimum atomic E-state index is -0.824. The molecule has 3 amide bonds. The Morgan fingerprint density at radius 2 is 2.06 bits per heavy atom. The van der Waals surface area contributed by atoms with Crippen LogP contribution in [-0.4, -0.2) is 47.2 Å². The van der Waals surface area contributed by atoms with Crippen molar-refractivity contribution in [3.8, 4) is 5.88 Å². The Morgan fingerprint density at radius 1 is 1.30 bits per heavy atom. The summed E-state index contributed by atoms with van der Waals surface area (Å²) in [6, 6.07) is 4.18. The van der Waals surface area contributed by atoms with Crippen LogP contribution in [0.4, 0.5) is 14.2 Å². The molecule has 0 aliphatic rings. The van der Waals surface area contributed by atoms with Gasteiger partial charge in [-0.1, -0.05) is 26.0 Å². The first-order valence-electron chi connectivity index (χ1n) is 10.8. The minimum absolute atomic E-state index is 0.0696. The number of hydrogen-bond donors (Lipinski definition) is 5. The predicted molar refractivity (Wildman–Crippen MR) is 126 cm³/mol. The molecule has 0 saturated carbocycles. The molecule has 1 aromatic heterocycles. The summed E-state index contributed by atoms with van der Waals surface area (Å²) in [5, 5.41) is 18.5. The summed E-state index contributed by atoms with van der Waals surface area (Å²) < 4.78 is 23.5. The summed E-state index contributed by atoms with van der Waals surface area (Å²) in [6.07, 6.45) is 0.626. The van der Waals surface area contributed by atoms with Gasteiger partial charge in [-0.05, 0) is 55.4 Å². The maximum Gasteiger partial charge on any atom is 0.319 e. The van der Waals surface area contributed by atoms with Crippen LogP contribution in [0, 0.1) is 18.7 Å². The molecule has 2 aromatic rings. The molecule has 9 nitrogen and oxygen atoms in total. The number of rotatable bonds is 13. The van der Waals surface area contributed by atoms with Gasteiger partial charge in [-0.2, -0.15) is 4.37 Å². The lowest BCUT2D eigenvalue weighted by atomic mass is 10.1. The Labute approximate surface area is 197 Å². The third-order valence-electron chi connectivity index (χ3n) is 4.64. The lowest BCUT2D eigenvalue weighted by Crippen LogP contribution is -2.32. The van der Waals surface area contributed by atoms with Crippen molar-refractivity contribution in [3.63, 3.8) is 0 Å². The number of anilines is 1. The number of primary amides is 1. The average Bonchev–Trinajstić information content (AvgIpc) is 3.13. The quantitative estimate of drug-likeness (QED) is 0.279. The molecule has 0 aliphatic heterocycles. The molecule has 11 heteroatoms. The number of carbonyl (C=O) groups is 2. The van der Waals surface area contributed by atoms with E-state index < -0.39 is 23.9 Å². The largest absolute Gasteiger partial charge is 0.471 e. The summed E-state index contributed by atoms with van der Waals surface area (Å²) in [6.45, 7) is 7.49. The summed E-state index contributed by atoms with van der Waals surface area (Å²) in [5.74, 6) is -0.811. The first kappa shape index (κ1) is 26.5. The molecule has 1 aromatic carbocycles. The molecule has 6 N–H and O–H groups in total. The number of hydrogen-bond acceptors (Lipinski definition) is 7. The van der Waals surface area contributed by atoms with Gasteiger partial charge in [0.2, 0.25) is 5.88 Å². The van der Waals surface area contributed by atoms with Crippen molar-refractivity contribution in [1.82, 2.24) is 15.0 Å². The highest BCUT2D eigenvalue weighted by molar-refractivity contribution is 7.11. The van der Waals surface area contributed by atoms with E-state index in [2.05, 4.69) is 34.2 Å². The molecule has 2 rings (SSSR count). The third-order valence-corrected chi connectivity index (χ3v) is 5.39. The number of nitrogens with zero attached hydrogens (tertiary/aromatic N) is 1. The fraction of sp³-hybridized carbons (Fsp3) is 0.500. The Morgan fingerprint density at radius 3 is 2.73 bits per heavy atom. The van der Waals surface area contributed by atoms with Crippen molar-refractivity contribution >= 4 is 28.5 Å². The van der Waals surface area contributed by atoms with Gasteiger partial charge in [0.1, 0.15) is 23.0 Å². The molecule has 1 unspecified atom stereocenters. The highest BCUT2D eigenvalue weighted by Gasteiger charge is 2.22. The standard InChI is InChI=1S/C22H32FN5O4S/c1-13(2)10-25-11-16(29)5-4-8-26-22(31)27-21-18(19(24)30)20(28-33-21)32-12-15-7-6-14(3)9-17(15)23/h6-7,9,13,16,25,29H,4-5,8,10-12H2,1-3H3,(H2,24,30)(H2,26,27,31). The number of aliphatic hydroxyl groups excluding tert-OH is 1. The van der Waals surface area contributed by atoms with Crippen LogP contribution in [0.3, 0.4) is 0 Å². The predicted octanol–water partition coefficient (Wildman–Crippen LogP) is 2.78. The molecule has 0 aliphatic carbocycles. The summed E-state index contributed by atoms with van der Waals surface area (Å²) in [5.41, 5.74) is 6.44. The molecule has 1 heterocycles. The molecular formula is C22H32FN5O4S. The number of aryl methyl sites for hydroxylation is 1. The third kappa shape index (κ3) is 8.95. The SMILES string of the molecule is Cc1ccc(COc2nsc(NC(=O)NCCCC(O)CNCC(C)C)c2C(N)=O)c(F)c1. The second-order valence-corrected chi connectivity index (χ2v) is 8.94. The first-order valence-corrected chi connectivity index (χ1v) is 11.6. The van der Waals surface area contributed by atoms with Crippen molar-refractivity contribution in [2.75, 3.05) is 25.0 Å². The molecule has 0 fully saturated rings. The number of aliphatic hydroxyl groups is 1. The van der Waals surface area contributed by atoms with E-state index in [0.717, 1.165) is 23.6 Å². The zero-order valence-electron chi connectivity index (χ0n) is 19.1. The van der Waals surface area contributed by atoms with Crippen LogP contribution in [0.15, 0.2) is 18.2 Å². The van der Waals surface area contributed by atoms with E-state index >= 15 is 0 Å². The van der Waals surface area contributed by atoms with Gasteiger partial charge in [-0.3, -0.25) is 10.1 Å². The summed E-state index contributed by atoms with van der Waals surface area (Å²) >= 11 is 0.840. The van der Waals surface area contributed by atoms with Crippen LogP contribution in [-0.2, 0) is 6.61 Å². The van der Waals surface area contributed by atoms with Gasteiger partial charge < -0.3 is 26.2 Å². The van der Waals surface area contributed by atoms with Gasteiger partial charge in [0, 0.05) is 18.7 Å². The number of ether oxygens (including phenoxy) is 1. The lowest BCUT2D eigenvalue weighted by Gasteiger charge is -2.13. The lowest BCUT2D eigenvalue weighted by molar-refractivity contribution is 0.0996. The molecule has 1 atom stereocenters. The van der Waals surface area contributed by atoms with Crippen molar-refractivity contribution < 1.29 is 23.8 Å². The number of nitrogens with two attached hydrogens (primary N) is 1. The first-order chi connectivity index (χ1) is 15.7. The maximum absolute atomic E-state index is 14.0.